The third kappa shape index (κ3) is 5.12. The molecule has 2 aliphatic rings. The Hall–Kier alpha value is -2.34. The number of hydrogen-bond acceptors (Lipinski definition) is 3. The normalized spacial score (nSPS) is 21.9. The minimum absolute atomic E-state index is 0.0101. The maximum Gasteiger partial charge on any atom is 0.270 e. The van der Waals surface area contributed by atoms with Gasteiger partial charge in [-0.3, -0.25) is 14.5 Å². The predicted octanol–water partition coefficient (Wildman–Crippen LogP) is 3.65. The molecular weight excluding hydrogens is 388 g/mol. The summed E-state index contributed by atoms with van der Waals surface area (Å²) >= 11 is 0. The van der Waals surface area contributed by atoms with Crippen molar-refractivity contribution in [2.45, 2.75) is 52.0 Å². The molecule has 1 aromatic carbocycles. The second-order valence-corrected chi connectivity index (χ2v) is 9.36. The van der Waals surface area contributed by atoms with E-state index in [0.29, 0.717) is 30.7 Å². The van der Waals surface area contributed by atoms with Crippen LogP contribution in [-0.2, 0) is 4.79 Å². The maximum absolute atomic E-state index is 12.9. The predicted molar refractivity (Wildman–Crippen MR) is 124 cm³/mol. The van der Waals surface area contributed by atoms with Crippen molar-refractivity contribution in [3.63, 3.8) is 0 Å². The molecule has 2 fully saturated rings. The Bertz CT molecular complexity index is 867. The minimum Gasteiger partial charge on any atom is -0.355 e. The first-order valence-electron chi connectivity index (χ1n) is 11.9. The molecule has 2 aliphatic heterocycles. The lowest BCUT2D eigenvalue weighted by atomic mass is 9.84. The zero-order chi connectivity index (χ0) is 21.8. The van der Waals surface area contributed by atoms with E-state index < -0.39 is 0 Å². The summed E-state index contributed by atoms with van der Waals surface area (Å²) in [5.41, 5.74) is 1.64. The Labute approximate surface area is 185 Å². The summed E-state index contributed by atoms with van der Waals surface area (Å²) in [4.78, 5) is 33.2. The second-order valence-electron chi connectivity index (χ2n) is 9.36. The number of aromatic nitrogens is 1. The molecule has 4 rings (SSSR count). The molecular formula is C25H36N4O2. The van der Waals surface area contributed by atoms with Crippen LogP contribution in [0.3, 0.4) is 0 Å². The molecule has 168 valence electrons. The zero-order valence-electron chi connectivity index (χ0n) is 18.9. The van der Waals surface area contributed by atoms with E-state index in [1.54, 1.807) is 0 Å². The highest BCUT2D eigenvalue weighted by Crippen LogP contribution is 2.26. The van der Waals surface area contributed by atoms with Crippen LogP contribution in [0.4, 0.5) is 0 Å². The summed E-state index contributed by atoms with van der Waals surface area (Å²) in [6.07, 6.45) is 5.61. The van der Waals surface area contributed by atoms with Crippen LogP contribution in [0.25, 0.3) is 10.9 Å². The van der Waals surface area contributed by atoms with E-state index in [4.69, 9.17) is 0 Å². The first-order valence-corrected chi connectivity index (χ1v) is 11.9. The Morgan fingerprint density at radius 1 is 1.13 bits per heavy atom. The number of para-hydroxylation sites is 1. The van der Waals surface area contributed by atoms with Gasteiger partial charge in [-0.2, -0.15) is 0 Å². The van der Waals surface area contributed by atoms with Crippen molar-refractivity contribution >= 4 is 22.7 Å². The average Bonchev–Trinajstić information content (AvgIpc) is 3.24. The van der Waals surface area contributed by atoms with Crippen LogP contribution in [0.15, 0.2) is 30.3 Å². The third-order valence-electron chi connectivity index (χ3n) is 7.35. The number of H-pyrrole nitrogens is 1. The van der Waals surface area contributed by atoms with Crippen molar-refractivity contribution in [2.75, 3.05) is 32.7 Å². The van der Waals surface area contributed by atoms with Gasteiger partial charge in [0.2, 0.25) is 5.91 Å². The molecule has 0 aliphatic carbocycles. The summed E-state index contributed by atoms with van der Waals surface area (Å²) in [7, 11) is 0. The number of nitrogens with one attached hydrogen (secondary N) is 2. The van der Waals surface area contributed by atoms with Crippen molar-refractivity contribution in [3.05, 3.63) is 36.0 Å². The van der Waals surface area contributed by atoms with Gasteiger partial charge >= 0.3 is 0 Å². The lowest BCUT2D eigenvalue weighted by molar-refractivity contribution is -0.126. The monoisotopic (exact) mass is 424 g/mol. The molecule has 1 aromatic heterocycles. The van der Waals surface area contributed by atoms with Gasteiger partial charge in [-0.15, -0.1) is 0 Å². The number of aromatic amines is 1. The van der Waals surface area contributed by atoms with Crippen LogP contribution in [0.2, 0.25) is 0 Å². The molecule has 6 nitrogen and oxygen atoms in total. The van der Waals surface area contributed by atoms with Gasteiger partial charge in [-0.25, -0.2) is 0 Å². The van der Waals surface area contributed by atoms with E-state index in [9.17, 15) is 9.59 Å². The molecule has 0 saturated carbocycles. The molecule has 3 heterocycles. The first-order chi connectivity index (χ1) is 15.0. The van der Waals surface area contributed by atoms with E-state index in [2.05, 4.69) is 22.1 Å². The highest BCUT2D eigenvalue weighted by molar-refractivity contribution is 5.98. The highest BCUT2D eigenvalue weighted by Gasteiger charge is 2.30. The lowest BCUT2D eigenvalue weighted by Gasteiger charge is -2.35. The van der Waals surface area contributed by atoms with E-state index in [-0.39, 0.29) is 17.7 Å². The van der Waals surface area contributed by atoms with Crippen molar-refractivity contribution < 1.29 is 9.59 Å². The van der Waals surface area contributed by atoms with E-state index in [1.165, 1.54) is 19.3 Å². The fourth-order valence-corrected chi connectivity index (χ4v) is 5.15. The number of nitrogens with zero attached hydrogens (tertiary/aromatic N) is 2. The van der Waals surface area contributed by atoms with Crippen LogP contribution in [0.1, 0.15) is 56.4 Å². The largest absolute Gasteiger partial charge is 0.355 e. The molecule has 6 heteroatoms. The van der Waals surface area contributed by atoms with Gasteiger partial charge in [-0.1, -0.05) is 31.5 Å². The number of carbonyl (C=O) groups excluding carboxylic acids is 2. The minimum atomic E-state index is -0.0101. The van der Waals surface area contributed by atoms with Crippen molar-refractivity contribution in [3.8, 4) is 0 Å². The number of benzene rings is 1. The Kier molecular flexibility index (Phi) is 6.96. The SMILES string of the molecule is CC(C(=O)NCCN1CCCCC1C)C1CCN(C(=O)c2cc3ccccc3[nH]2)CC1. The van der Waals surface area contributed by atoms with Crippen LogP contribution >= 0.6 is 0 Å². The summed E-state index contributed by atoms with van der Waals surface area (Å²) in [5, 5.41) is 4.22. The number of fused-ring (bicyclic) bond motifs is 1. The van der Waals surface area contributed by atoms with Crippen molar-refractivity contribution in [2.24, 2.45) is 11.8 Å². The van der Waals surface area contributed by atoms with Crippen LogP contribution in [0.5, 0.6) is 0 Å². The second kappa shape index (κ2) is 9.86. The smallest absolute Gasteiger partial charge is 0.270 e. The Morgan fingerprint density at radius 2 is 1.90 bits per heavy atom. The summed E-state index contributed by atoms with van der Waals surface area (Å²) < 4.78 is 0. The number of likely N-dealkylation sites (tertiary alicyclic amines) is 2. The summed E-state index contributed by atoms with van der Waals surface area (Å²) in [6.45, 7) is 8.56. The van der Waals surface area contributed by atoms with Crippen LogP contribution in [0, 0.1) is 11.8 Å². The summed E-state index contributed by atoms with van der Waals surface area (Å²) in [6, 6.07) is 10.5. The van der Waals surface area contributed by atoms with Crippen molar-refractivity contribution in [1.29, 1.82) is 0 Å². The molecule has 2 amide bonds. The number of carbonyl (C=O) groups is 2. The van der Waals surface area contributed by atoms with Gasteiger partial charge in [0.1, 0.15) is 5.69 Å². The van der Waals surface area contributed by atoms with E-state index >= 15 is 0 Å². The van der Waals surface area contributed by atoms with E-state index in [0.717, 1.165) is 43.4 Å². The average molecular weight is 425 g/mol. The summed E-state index contributed by atoms with van der Waals surface area (Å²) in [5.74, 6) is 0.539. The molecule has 31 heavy (non-hydrogen) atoms. The number of hydrogen-bond donors (Lipinski definition) is 2. The number of piperidine rings is 2. The van der Waals surface area contributed by atoms with Gasteiger partial charge in [0, 0.05) is 49.0 Å². The standard InChI is InChI=1S/C25H36N4O2/c1-18-7-5-6-13-28(18)16-12-26-24(30)19(2)20-10-14-29(15-11-20)25(31)23-17-21-8-3-4-9-22(21)27-23/h3-4,8-9,17-20,27H,5-7,10-16H2,1-2H3,(H,26,30). The van der Waals surface area contributed by atoms with Gasteiger partial charge < -0.3 is 15.2 Å². The lowest BCUT2D eigenvalue weighted by Crippen LogP contribution is -2.45. The molecule has 0 radical (unpaired) electrons. The van der Waals surface area contributed by atoms with Crippen LogP contribution < -0.4 is 5.32 Å². The molecule has 2 saturated heterocycles. The number of rotatable bonds is 6. The van der Waals surface area contributed by atoms with Gasteiger partial charge in [-0.05, 0) is 57.2 Å². The zero-order valence-corrected chi connectivity index (χ0v) is 18.9. The third-order valence-corrected chi connectivity index (χ3v) is 7.35. The Balaban J connectivity index is 1.23. The van der Waals surface area contributed by atoms with Crippen molar-refractivity contribution in [1.82, 2.24) is 20.1 Å². The topological polar surface area (TPSA) is 68.4 Å². The molecule has 0 spiro atoms. The molecule has 2 N–H and O–H groups in total. The fourth-order valence-electron chi connectivity index (χ4n) is 5.15. The fraction of sp³-hybridized carbons (Fsp3) is 0.600. The molecule has 2 unspecified atom stereocenters. The Morgan fingerprint density at radius 3 is 2.65 bits per heavy atom. The molecule has 2 atom stereocenters. The molecule has 0 bridgehead atoms. The number of amides is 2. The highest BCUT2D eigenvalue weighted by atomic mass is 16.2. The van der Waals surface area contributed by atoms with Gasteiger partial charge in [0.25, 0.3) is 5.91 Å². The van der Waals surface area contributed by atoms with Gasteiger partial charge in [0.15, 0.2) is 0 Å². The van der Waals surface area contributed by atoms with Gasteiger partial charge in [0.05, 0.1) is 0 Å². The maximum atomic E-state index is 12.9. The molecule has 2 aromatic rings. The van der Waals surface area contributed by atoms with E-state index in [1.807, 2.05) is 42.2 Å². The quantitative estimate of drug-likeness (QED) is 0.744. The first kappa shape index (κ1) is 21.9. The van der Waals surface area contributed by atoms with Crippen LogP contribution in [-0.4, -0.2) is 65.4 Å².